The number of nitrogens with zero attached hydrogens (tertiary/aromatic N) is 1. The molecule has 1 aromatic heterocycles. The molecule has 0 spiro atoms. The first-order valence-electron chi connectivity index (χ1n) is 14.2. The van der Waals surface area contributed by atoms with Crippen molar-refractivity contribution in [1.82, 2.24) is 0 Å². The number of hydrogen-bond donors (Lipinski definition) is 1. The van der Waals surface area contributed by atoms with Gasteiger partial charge in [0.05, 0.1) is 5.69 Å². The number of aryl methyl sites for hydroxylation is 1. The lowest BCUT2D eigenvalue weighted by Gasteiger charge is -2.26. The van der Waals surface area contributed by atoms with E-state index in [-0.39, 0.29) is 0 Å². The molecule has 3 aromatic carbocycles. The standard InChI is InChI=1S/C38H32N2O/c1-25-22-29(30-17-16-27-12-6-7-13-28(27)24-30)18-19-31(23-26-10-4-3-5-11-26)38(39)40(2)33-20-21-35-37(36(25)33)32-14-8-9-15-34(32)41-35/h3-10,12-15,18-24H,1,11,16-17,39H2,2H3/b19-18-,26-23-,29-22+,38-31+. The van der Waals surface area contributed by atoms with Gasteiger partial charge in [0, 0.05) is 29.0 Å². The van der Waals surface area contributed by atoms with Crippen LogP contribution in [0, 0.1) is 0 Å². The van der Waals surface area contributed by atoms with Gasteiger partial charge in [-0.2, -0.15) is 0 Å². The highest BCUT2D eigenvalue weighted by Gasteiger charge is 2.22. The fraction of sp³-hybridized carbons (Fsp3) is 0.105. The molecule has 1 aliphatic heterocycles. The summed E-state index contributed by atoms with van der Waals surface area (Å²) in [6.07, 6.45) is 22.5. The van der Waals surface area contributed by atoms with Gasteiger partial charge in [0.15, 0.2) is 0 Å². The Morgan fingerprint density at radius 2 is 1.73 bits per heavy atom. The first-order chi connectivity index (χ1) is 20.1. The molecule has 0 bridgehead atoms. The summed E-state index contributed by atoms with van der Waals surface area (Å²) < 4.78 is 6.29. The Balaban J connectivity index is 1.49. The summed E-state index contributed by atoms with van der Waals surface area (Å²) in [6, 6.07) is 21.0. The zero-order chi connectivity index (χ0) is 27.9. The molecule has 2 N–H and O–H groups in total. The molecule has 7 rings (SSSR count). The van der Waals surface area contributed by atoms with Crippen molar-refractivity contribution in [2.75, 3.05) is 11.9 Å². The average Bonchev–Trinajstić information content (AvgIpc) is 3.39. The smallest absolute Gasteiger partial charge is 0.136 e. The number of furan rings is 1. The Bertz CT molecular complexity index is 1950. The molecule has 0 amide bonds. The second kappa shape index (κ2) is 10.2. The molecule has 200 valence electrons. The Hall–Kier alpha value is -5.02. The third-order valence-electron chi connectivity index (χ3n) is 8.30. The molecule has 4 aromatic rings. The second-order valence-electron chi connectivity index (χ2n) is 10.9. The highest BCUT2D eigenvalue weighted by molar-refractivity contribution is 6.13. The number of rotatable bonds is 2. The van der Waals surface area contributed by atoms with E-state index in [2.05, 4.69) is 109 Å². The molecular weight excluding hydrogens is 500 g/mol. The molecule has 41 heavy (non-hydrogen) atoms. The maximum absolute atomic E-state index is 6.99. The third-order valence-corrected chi connectivity index (χ3v) is 8.30. The average molecular weight is 533 g/mol. The summed E-state index contributed by atoms with van der Waals surface area (Å²) in [5, 5.41) is 2.14. The minimum Gasteiger partial charge on any atom is -0.456 e. The van der Waals surface area contributed by atoms with E-state index in [1.807, 2.05) is 25.2 Å². The number of nitrogens with two attached hydrogens (primary N) is 1. The summed E-state index contributed by atoms with van der Waals surface area (Å²) in [5.74, 6) is 0.683. The molecular formula is C38H32N2O. The number of benzene rings is 3. The molecule has 3 aliphatic rings. The van der Waals surface area contributed by atoms with Crippen LogP contribution < -0.4 is 10.6 Å². The summed E-state index contributed by atoms with van der Waals surface area (Å²) in [7, 11) is 2.03. The summed E-state index contributed by atoms with van der Waals surface area (Å²) in [4.78, 5) is 2.08. The highest BCUT2D eigenvalue weighted by Crippen LogP contribution is 2.42. The topological polar surface area (TPSA) is 42.4 Å². The van der Waals surface area contributed by atoms with Gasteiger partial charge in [-0.15, -0.1) is 0 Å². The molecule has 3 heteroatoms. The van der Waals surface area contributed by atoms with Crippen LogP contribution in [0.2, 0.25) is 0 Å². The van der Waals surface area contributed by atoms with Crippen molar-refractivity contribution in [1.29, 1.82) is 0 Å². The Kier molecular flexibility index (Phi) is 6.20. The van der Waals surface area contributed by atoms with Crippen LogP contribution in [0.1, 0.15) is 29.5 Å². The van der Waals surface area contributed by atoms with Crippen LogP contribution in [0.3, 0.4) is 0 Å². The molecule has 0 fully saturated rings. The van der Waals surface area contributed by atoms with Crippen LogP contribution in [0.4, 0.5) is 5.69 Å². The lowest BCUT2D eigenvalue weighted by atomic mass is 9.86. The van der Waals surface area contributed by atoms with E-state index in [1.54, 1.807) is 0 Å². The van der Waals surface area contributed by atoms with E-state index in [0.717, 1.165) is 69.2 Å². The van der Waals surface area contributed by atoms with Gasteiger partial charge in [-0.05, 0) is 83.0 Å². The molecule has 2 heterocycles. The third kappa shape index (κ3) is 4.50. The van der Waals surface area contributed by atoms with Crippen molar-refractivity contribution in [3.63, 3.8) is 0 Å². The zero-order valence-electron chi connectivity index (χ0n) is 23.2. The Labute approximate surface area is 241 Å². The normalized spacial score (nSPS) is 21.9. The predicted molar refractivity (Wildman–Crippen MR) is 173 cm³/mol. The van der Waals surface area contributed by atoms with Crippen molar-refractivity contribution < 1.29 is 4.42 Å². The Morgan fingerprint density at radius 1 is 0.878 bits per heavy atom. The van der Waals surface area contributed by atoms with E-state index < -0.39 is 0 Å². The van der Waals surface area contributed by atoms with Crippen molar-refractivity contribution in [3.05, 3.63) is 161 Å². The summed E-state index contributed by atoms with van der Waals surface area (Å²) in [5.41, 5.74) is 19.0. The Morgan fingerprint density at radius 3 is 2.61 bits per heavy atom. The van der Waals surface area contributed by atoms with Gasteiger partial charge < -0.3 is 15.1 Å². The first kappa shape index (κ1) is 25.0. The monoisotopic (exact) mass is 532 g/mol. The van der Waals surface area contributed by atoms with Crippen molar-refractivity contribution in [2.24, 2.45) is 5.73 Å². The van der Waals surface area contributed by atoms with Gasteiger partial charge in [0.25, 0.3) is 0 Å². The van der Waals surface area contributed by atoms with E-state index in [4.69, 9.17) is 10.2 Å². The second-order valence-corrected chi connectivity index (χ2v) is 10.9. The fourth-order valence-electron chi connectivity index (χ4n) is 6.12. The van der Waals surface area contributed by atoms with E-state index in [9.17, 15) is 0 Å². The maximum atomic E-state index is 6.99. The highest BCUT2D eigenvalue weighted by atomic mass is 16.3. The van der Waals surface area contributed by atoms with Crippen LogP contribution in [0.25, 0.3) is 33.6 Å². The lowest BCUT2D eigenvalue weighted by molar-refractivity contribution is 0.669. The molecule has 0 radical (unpaired) electrons. The molecule has 2 aliphatic carbocycles. The quantitative estimate of drug-likeness (QED) is 0.280. The fourth-order valence-corrected chi connectivity index (χ4v) is 6.12. The van der Waals surface area contributed by atoms with Crippen LogP contribution in [-0.2, 0) is 6.42 Å². The SMILES string of the molecule is C=C1\C=C(C2=Cc3ccccc3CC2)/C=C\C(\C=C2\C=CC=CC2)=C(\N)N(C)c2ccc3oc4ccccc4c3c21. The molecule has 0 atom stereocenters. The van der Waals surface area contributed by atoms with Crippen molar-refractivity contribution in [3.8, 4) is 0 Å². The number of allylic oxidation sites excluding steroid dienone is 13. The number of para-hydroxylation sites is 1. The molecule has 3 nitrogen and oxygen atoms in total. The summed E-state index contributed by atoms with van der Waals surface area (Å²) >= 11 is 0. The van der Waals surface area contributed by atoms with Gasteiger partial charge in [-0.1, -0.05) is 91.6 Å². The molecule has 0 unspecified atom stereocenters. The van der Waals surface area contributed by atoms with Gasteiger partial charge in [-0.3, -0.25) is 0 Å². The van der Waals surface area contributed by atoms with Gasteiger partial charge in [0.2, 0.25) is 0 Å². The number of anilines is 1. The van der Waals surface area contributed by atoms with Crippen LogP contribution in [0.5, 0.6) is 0 Å². The zero-order valence-corrected chi connectivity index (χ0v) is 23.2. The van der Waals surface area contributed by atoms with E-state index in [0.29, 0.717) is 5.82 Å². The van der Waals surface area contributed by atoms with Crippen molar-refractivity contribution >= 4 is 39.3 Å². The van der Waals surface area contributed by atoms with Gasteiger partial charge in [0.1, 0.15) is 17.0 Å². The molecule has 0 saturated carbocycles. The van der Waals surface area contributed by atoms with Crippen molar-refractivity contribution in [2.45, 2.75) is 19.3 Å². The van der Waals surface area contributed by atoms with Crippen LogP contribution >= 0.6 is 0 Å². The summed E-state index contributed by atoms with van der Waals surface area (Å²) in [6.45, 7) is 4.64. The predicted octanol–water partition coefficient (Wildman–Crippen LogP) is 9.17. The van der Waals surface area contributed by atoms with E-state index >= 15 is 0 Å². The minimum absolute atomic E-state index is 0.683. The molecule has 0 saturated heterocycles. The van der Waals surface area contributed by atoms with E-state index in [1.165, 1.54) is 22.3 Å². The number of hydrogen-bond acceptors (Lipinski definition) is 3. The lowest BCUT2D eigenvalue weighted by Crippen LogP contribution is -2.25. The largest absolute Gasteiger partial charge is 0.456 e. The maximum Gasteiger partial charge on any atom is 0.136 e. The van der Waals surface area contributed by atoms with Crippen LogP contribution in [0.15, 0.2) is 148 Å². The minimum atomic E-state index is 0.683. The number of fused-ring (bicyclic) bond motifs is 6. The van der Waals surface area contributed by atoms with Gasteiger partial charge in [-0.25, -0.2) is 0 Å². The first-order valence-corrected chi connectivity index (χ1v) is 14.2. The van der Waals surface area contributed by atoms with Crippen LogP contribution in [-0.4, -0.2) is 7.05 Å². The van der Waals surface area contributed by atoms with Gasteiger partial charge >= 0.3 is 0 Å².